The normalized spacial score (nSPS) is 14.2. The molecule has 0 aromatic heterocycles. The standard InChI is InChI=1S/C31H27ClN2O3S/c1-2-34-28-19-18-26(32)20-27(28)29(25-16-10-5-11-17-25)30(38(34,36)37)31(35)33(21-23-12-6-3-7-13-23)22-24-14-8-4-9-15-24/h3-20H,2,21-22H2,1H3. The lowest BCUT2D eigenvalue weighted by molar-refractivity contribution is -0.127. The first-order valence-electron chi connectivity index (χ1n) is 12.4. The molecular formula is C31H27ClN2O3S. The molecule has 0 bridgehead atoms. The molecule has 1 heterocycles. The number of sulfonamides is 1. The number of carbonyl (C=O) groups is 1. The Balaban J connectivity index is 1.75. The minimum Gasteiger partial charge on any atom is -0.329 e. The lowest BCUT2D eigenvalue weighted by Crippen LogP contribution is -2.42. The molecule has 4 aromatic rings. The molecular weight excluding hydrogens is 516 g/mol. The number of nitrogens with zero attached hydrogens (tertiary/aromatic N) is 2. The molecule has 0 unspecified atom stereocenters. The molecule has 5 rings (SSSR count). The first-order valence-corrected chi connectivity index (χ1v) is 14.2. The van der Waals surface area contributed by atoms with Gasteiger partial charge < -0.3 is 4.90 Å². The molecule has 1 aliphatic heterocycles. The highest BCUT2D eigenvalue weighted by molar-refractivity contribution is 7.97. The van der Waals surface area contributed by atoms with E-state index in [4.69, 9.17) is 11.6 Å². The highest BCUT2D eigenvalue weighted by atomic mass is 35.5. The second-order valence-corrected chi connectivity index (χ2v) is 11.3. The molecule has 1 amide bonds. The number of hydrogen-bond donors (Lipinski definition) is 0. The van der Waals surface area contributed by atoms with Crippen LogP contribution < -0.4 is 4.31 Å². The van der Waals surface area contributed by atoms with Crippen LogP contribution >= 0.6 is 11.6 Å². The maximum Gasteiger partial charge on any atom is 0.270 e. The fourth-order valence-corrected chi connectivity index (χ4v) is 6.80. The Kier molecular flexibility index (Phi) is 7.36. The van der Waals surface area contributed by atoms with Gasteiger partial charge in [0.15, 0.2) is 4.91 Å². The first kappa shape index (κ1) is 25.8. The minimum absolute atomic E-state index is 0.174. The van der Waals surface area contributed by atoms with Crippen molar-refractivity contribution < 1.29 is 13.2 Å². The summed E-state index contributed by atoms with van der Waals surface area (Å²) >= 11 is 6.41. The molecule has 0 fully saturated rings. The van der Waals surface area contributed by atoms with Crippen LogP contribution in [0.25, 0.3) is 5.57 Å². The molecule has 192 valence electrons. The smallest absolute Gasteiger partial charge is 0.270 e. The van der Waals surface area contributed by atoms with Gasteiger partial charge in [-0.2, -0.15) is 0 Å². The van der Waals surface area contributed by atoms with Crippen molar-refractivity contribution in [3.8, 4) is 0 Å². The zero-order valence-corrected chi connectivity index (χ0v) is 22.5. The predicted molar refractivity (Wildman–Crippen MR) is 153 cm³/mol. The van der Waals surface area contributed by atoms with E-state index in [0.29, 0.717) is 27.4 Å². The van der Waals surface area contributed by atoms with Gasteiger partial charge in [-0.1, -0.05) is 103 Å². The van der Waals surface area contributed by atoms with Gasteiger partial charge >= 0.3 is 0 Å². The molecule has 0 spiro atoms. The van der Waals surface area contributed by atoms with Crippen LogP contribution in [0.15, 0.2) is 114 Å². The zero-order chi connectivity index (χ0) is 26.7. The lowest BCUT2D eigenvalue weighted by atomic mass is 9.95. The summed E-state index contributed by atoms with van der Waals surface area (Å²) in [5.74, 6) is -0.555. The van der Waals surface area contributed by atoms with Crippen LogP contribution in [0.4, 0.5) is 5.69 Å². The Morgan fingerprint density at radius 1 is 0.789 bits per heavy atom. The van der Waals surface area contributed by atoms with Crippen LogP contribution in [-0.2, 0) is 27.9 Å². The third-order valence-corrected chi connectivity index (χ3v) is 8.70. The van der Waals surface area contributed by atoms with E-state index in [0.717, 1.165) is 11.1 Å². The number of benzene rings is 4. The van der Waals surface area contributed by atoms with Crippen molar-refractivity contribution in [3.63, 3.8) is 0 Å². The number of anilines is 1. The van der Waals surface area contributed by atoms with Crippen LogP contribution in [0, 0.1) is 0 Å². The van der Waals surface area contributed by atoms with Crippen LogP contribution in [-0.4, -0.2) is 25.8 Å². The highest BCUT2D eigenvalue weighted by Gasteiger charge is 2.42. The molecule has 0 radical (unpaired) electrons. The van der Waals surface area contributed by atoms with Gasteiger partial charge in [0.05, 0.1) is 5.69 Å². The van der Waals surface area contributed by atoms with Gasteiger partial charge in [-0.25, -0.2) is 8.42 Å². The maximum absolute atomic E-state index is 14.5. The highest BCUT2D eigenvalue weighted by Crippen LogP contribution is 2.44. The van der Waals surface area contributed by atoms with Crippen molar-refractivity contribution >= 4 is 38.8 Å². The van der Waals surface area contributed by atoms with Gasteiger partial charge in [0.1, 0.15) is 0 Å². The van der Waals surface area contributed by atoms with Crippen LogP contribution in [0.2, 0.25) is 5.02 Å². The van der Waals surface area contributed by atoms with E-state index in [9.17, 15) is 13.2 Å². The summed E-state index contributed by atoms with van der Waals surface area (Å²) in [6.07, 6.45) is 0. The van der Waals surface area contributed by atoms with E-state index in [2.05, 4.69) is 0 Å². The molecule has 0 saturated heterocycles. The molecule has 0 atom stereocenters. The Labute approximate surface area is 228 Å². The second kappa shape index (κ2) is 10.9. The monoisotopic (exact) mass is 542 g/mol. The van der Waals surface area contributed by atoms with Crippen molar-refractivity contribution in [2.24, 2.45) is 0 Å². The fourth-order valence-electron chi connectivity index (χ4n) is 4.82. The van der Waals surface area contributed by atoms with Crippen LogP contribution in [0.3, 0.4) is 0 Å². The van der Waals surface area contributed by atoms with Gasteiger partial charge in [0.25, 0.3) is 15.9 Å². The molecule has 4 aromatic carbocycles. The third-order valence-electron chi connectivity index (χ3n) is 6.54. The molecule has 5 nitrogen and oxygen atoms in total. The maximum atomic E-state index is 14.5. The Morgan fingerprint density at radius 3 is 1.84 bits per heavy atom. The minimum atomic E-state index is -4.19. The Hall–Kier alpha value is -3.87. The topological polar surface area (TPSA) is 57.7 Å². The van der Waals surface area contributed by atoms with Gasteiger partial charge in [-0.15, -0.1) is 0 Å². The first-order chi connectivity index (χ1) is 18.4. The van der Waals surface area contributed by atoms with E-state index in [-0.39, 0.29) is 24.5 Å². The van der Waals surface area contributed by atoms with E-state index in [1.54, 1.807) is 30.0 Å². The summed E-state index contributed by atoms with van der Waals surface area (Å²) in [5, 5.41) is 0.463. The van der Waals surface area contributed by atoms with Crippen molar-refractivity contribution in [1.82, 2.24) is 4.90 Å². The molecule has 38 heavy (non-hydrogen) atoms. The summed E-state index contributed by atoms with van der Waals surface area (Å²) in [6, 6.07) is 33.5. The summed E-state index contributed by atoms with van der Waals surface area (Å²) in [5.41, 5.74) is 3.93. The van der Waals surface area contributed by atoms with E-state index in [1.165, 1.54) is 4.31 Å². The summed E-state index contributed by atoms with van der Waals surface area (Å²) in [6.45, 7) is 2.44. The lowest BCUT2D eigenvalue weighted by Gasteiger charge is -2.35. The Morgan fingerprint density at radius 2 is 1.32 bits per heavy atom. The molecule has 0 saturated carbocycles. The van der Waals surface area contributed by atoms with Crippen LogP contribution in [0.1, 0.15) is 29.2 Å². The van der Waals surface area contributed by atoms with Crippen molar-refractivity contribution in [2.45, 2.75) is 20.0 Å². The van der Waals surface area contributed by atoms with E-state index in [1.807, 2.05) is 91.0 Å². The fraction of sp³-hybridized carbons (Fsp3) is 0.129. The second-order valence-electron chi connectivity index (χ2n) is 9.03. The number of carbonyl (C=O) groups excluding carboxylic acids is 1. The van der Waals surface area contributed by atoms with Crippen molar-refractivity contribution in [2.75, 3.05) is 10.8 Å². The molecule has 1 aliphatic rings. The Bertz CT molecular complexity index is 1550. The largest absolute Gasteiger partial charge is 0.329 e. The van der Waals surface area contributed by atoms with E-state index >= 15 is 0 Å². The molecule has 0 aliphatic carbocycles. The summed E-state index contributed by atoms with van der Waals surface area (Å²) in [7, 11) is -4.19. The van der Waals surface area contributed by atoms with Gasteiger partial charge in [-0.3, -0.25) is 9.10 Å². The van der Waals surface area contributed by atoms with Gasteiger partial charge in [-0.05, 0) is 41.8 Å². The number of rotatable bonds is 7. The van der Waals surface area contributed by atoms with Gasteiger partial charge in [0, 0.05) is 35.8 Å². The zero-order valence-electron chi connectivity index (χ0n) is 20.9. The average molecular weight is 543 g/mol. The molecule has 7 heteroatoms. The SMILES string of the molecule is CCN1c2ccc(Cl)cc2C(c2ccccc2)=C(C(=O)N(Cc2ccccc2)Cc2ccccc2)S1(=O)=O. The number of fused-ring (bicyclic) bond motifs is 1. The van der Waals surface area contributed by atoms with Crippen molar-refractivity contribution in [3.05, 3.63) is 141 Å². The summed E-state index contributed by atoms with van der Waals surface area (Å²) < 4.78 is 29.7. The number of hydrogen-bond acceptors (Lipinski definition) is 3. The summed E-state index contributed by atoms with van der Waals surface area (Å²) in [4.78, 5) is 15.8. The number of halogens is 1. The predicted octanol–water partition coefficient (Wildman–Crippen LogP) is 6.50. The third kappa shape index (κ3) is 4.97. The quantitative estimate of drug-likeness (QED) is 0.268. The average Bonchev–Trinajstić information content (AvgIpc) is 2.93. The van der Waals surface area contributed by atoms with Crippen molar-refractivity contribution in [1.29, 1.82) is 0 Å². The van der Waals surface area contributed by atoms with E-state index < -0.39 is 15.9 Å². The number of amides is 1. The van der Waals surface area contributed by atoms with Gasteiger partial charge in [0.2, 0.25) is 0 Å². The van der Waals surface area contributed by atoms with Crippen LogP contribution in [0.5, 0.6) is 0 Å². The molecule has 0 N–H and O–H groups in total.